The molecular formula is C14H18N2O5. The summed E-state index contributed by atoms with van der Waals surface area (Å²) in [6, 6.07) is 6.27. The summed E-state index contributed by atoms with van der Waals surface area (Å²) in [6.45, 7) is 3.38. The van der Waals surface area contributed by atoms with Crippen LogP contribution in [0.3, 0.4) is 0 Å². The molecule has 1 aliphatic rings. The van der Waals surface area contributed by atoms with Crippen LogP contribution < -0.4 is 0 Å². The molecule has 1 saturated heterocycles. The highest BCUT2D eigenvalue weighted by Gasteiger charge is 2.37. The van der Waals surface area contributed by atoms with E-state index in [4.69, 9.17) is 4.74 Å². The van der Waals surface area contributed by atoms with Crippen molar-refractivity contribution in [3.8, 4) is 0 Å². The summed E-state index contributed by atoms with van der Waals surface area (Å²) in [5.41, 5.74) is 0.641. The molecule has 0 saturated carbocycles. The van der Waals surface area contributed by atoms with Crippen molar-refractivity contribution in [1.82, 2.24) is 4.90 Å². The number of hydrogen-bond acceptors (Lipinski definition) is 5. The highest BCUT2D eigenvalue weighted by atomic mass is 16.6. The van der Waals surface area contributed by atoms with Gasteiger partial charge < -0.3 is 9.84 Å². The number of carbonyl (C=O) groups is 1. The monoisotopic (exact) mass is 294 g/mol. The van der Waals surface area contributed by atoms with Crippen molar-refractivity contribution < 1.29 is 19.6 Å². The zero-order valence-corrected chi connectivity index (χ0v) is 11.8. The molecule has 1 aromatic carbocycles. The number of carboxylic acids is 1. The van der Waals surface area contributed by atoms with E-state index in [1.54, 1.807) is 18.2 Å². The van der Waals surface area contributed by atoms with E-state index in [9.17, 15) is 20.0 Å². The number of nitro benzene ring substituents is 1. The van der Waals surface area contributed by atoms with Gasteiger partial charge in [-0.1, -0.05) is 25.1 Å². The van der Waals surface area contributed by atoms with E-state index in [-0.39, 0.29) is 18.3 Å². The molecule has 2 atom stereocenters. The molecule has 1 fully saturated rings. The number of carboxylic acid groups (broad SMARTS) is 1. The summed E-state index contributed by atoms with van der Waals surface area (Å²) in [6.07, 6.45) is 0. The van der Waals surface area contributed by atoms with Crippen molar-refractivity contribution in [2.24, 2.45) is 5.92 Å². The fraction of sp³-hybridized carbons (Fsp3) is 0.500. The van der Waals surface area contributed by atoms with Crippen LogP contribution >= 0.6 is 0 Å². The van der Waals surface area contributed by atoms with Crippen LogP contribution in [-0.2, 0) is 16.1 Å². The van der Waals surface area contributed by atoms with Gasteiger partial charge in [0.1, 0.15) is 0 Å². The summed E-state index contributed by atoms with van der Waals surface area (Å²) >= 11 is 0. The minimum absolute atomic E-state index is 0.0572. The summed E-state index contributed by atoms with van der Waals surface area (Å²) < 4.78 is 5.27. The average molecular weight is 294 g/mol. The van der Waals surface area contributed by atoms with E-state index in [1.165, 1.54) is 6.07 Å². The lowest BCUT2D eigenvalue weighted by Gasteiger charge is -2.28. The highest BCUT2D eigenvalue weighted by molar-refractivity contribution is 5.71. The highest BCUT2D eigenvalue weighted by Crippen LogP contribution is 2.25. The smallest absolute Gasteiger partial charge is 0.310 e. The third-order valence-corrected chi connectivity index (χ3v) is 3.80. The summed E-state index contributed by atoms with van der Waals surface area (Å²) in [5.74, 6) is -1.48. The Balaban J connectivity index is 2.20. The van der Waals surface area contributed by atoms with Crippen LogP contribution in [0.25, 0.3) is 0 Å². The number of hydrogen-bond donors (Lipinski definition) is 1. The number of aliphatic carboxylic acids is 1. The lowest BCUT2D eigenvalue weighted by Crippen LogP contribution is -2.42. The maximum absolute atomic E-state index is 11.2. The number of likely N-dealkylation sites (N-methyl/N-ethyl adjacent to an activating group) is 1. The molecule has 21 heavy (non-hydrogen) atoms. The molecule has 0 spiro atoms. The number of rotatable bonds is 6. The van der Waals surface area contributed by atoms with Crippen LogP contribution in [0.4, 0.5) is 5.69 Å². The number of nitro groups is 1. The molecule has 7 nitrogen and oxygen atoms in total. The van der Waals surface area contributed by atoms with Crippen LogP contribution in [0.5, 0.6) is 0 Å². The maximum Gasteiger partial charge on any atom is 0.310 e. The van der Waals surface area contributed by atoms with Gasteiger partial charge in [0.25, 0.3) is 5.69 Å². The molecule has 2 unspecified atom stereocenters. The van der Waals surface area contributed by atoms with Gasteiger partial charge in [0, 0.05) is 24.2 Å². The number of nitrogens with zero attached hydrogens (tertiary/aromatic N) is 2. The molecule has 0 aromatic heterocycles. The van der Waals surface area contributed by atoms with Gasteiger partial charge in [-0.25, -0.2) is 0 Å². The second-order valence-corrected chi connectivity index (χ2v) is 5.00. The van der Waals surface area contributed by atoms with Crippen molar-refractivity contribution in [2.75, 3.05) is 19.8 Å². The first-order valence-electron chi connectivity index (χ1n) is 6.81. The predicted octanol–water partition coefficient (Wildman–Crippen LogP) is 1.52. The Labute approximate surface area is 122 Å². The van der Waals surface area contributed by atoms with Crippen molar-refractivity contribution in [2.45, 2.75) is 19.5 Å². The first-order chi connectivity index (χ1) is 10.0. The minimum atomic E-state index is -0.890. The molecule has 2 rings (SSSR count). The second-order valence-electron chi connectivity index (χ2n) is 5.00. The van der Waals surface area contributed by atoms with Gasteiger partial charge in [-0.2, -0.15) is 0 Å². The summed E-state index contributed by atoms with van der Waals surface area (Å²) in [5, 5.41) is 20.3. The minimum Gasteiger partial charge on any atom is -0.481 e. The van der Waals surface area contributed by atoms with Gasteiger partial charge in [0.05, 0.1) is 24.1 Å². The molecule has 1 N–H and O–H groups in total. The number of ether oxygens (including phenoxy) is 1. The Kier molecular flexibility index (Phi) is 4.87. The first-order valence-corrected chi connectivity index (χ1v) is 6.81. The largest absolute Gasteiger partial charge is 0.481 e. The van der Waals surface area contributed by atoms with Crippen molar-refractivity contribution >= 4 is 11.7 Å². The second kappa shape index (κ2) is 6.64. The molecule has 1 aliphatic heterocycles. The fourth-order valence-corrected chi connectivity index (χ4v) is 2.64. The van der Waals surface area contributed by atoms with Crippen molar-refractivity contribution in [3.63, 3.8) is 0 Å². The van der Waals surface area contributed by atoms with Gasteiger partial charge in [-0.3, -0.25) is 19.8 Å². The zero-order chi connectivity index (χ0) is 15.4. The lowest BCUT2D eigenvalue weighted by molar-refractivity contribution is -0.385. The molecule has 1 aromatic rings. The first kappa shape index (κ1) is 15.4. The standard InChI is InChI=1S/C14H18N2O5/c1-2-15(13-9-21-8-11(13)14(17)18)7-10-5-3-4-6-12(10)16(19)20/h3-6,11,13H,2,7-9H2,1H3,(H,17,18). The number of benzene rings is 1. The van der Waals surface area contributed by atoms with Gasteiger partial charge in [0.15, 0.2) is 0 Å². The van der Waals surface area contributed by atoms with Crippen LogP contribution in [0.2, 0.25) is 0 Å². The van der Waals surface area contributed by atoms with Crippen LogP contribution in [0.1, 0.15) is 12.5 Å². The molecule has 1 heterocycles. The quantitative estimate of drug-likeness (QED) is 0.631. The average Bonchev–Trinajstić information content (AvgIpc) is 2.94. The van der Waals surface area contributed by atoms with E-state index in [0.717, 1.165) is 0 Å². The Hall–Kier alpha value is -1.99. The van der Waals surface area contributed by atoms with Gasteiger partial charge in [0.2, 0.25) is 0 Å². The maximum atomic E-state index is 11.2. The Morgan fingerprint density at radius 1 is 1.48 bits per heavy atom. The summed E-state index contributed by atoms with van der Waals surface area (Å²) in [4.78, 5) is 23.8. The Morgan fingerprint density at radius 2 is 2.19 bits per heavy atom. The molecule has 0 radical (unpaired) electrons. The summed E-state index contributed by atoms with van der Waals surface area (Å²) in [7, 11) is 0. The third kappa shape index (κ3) is 3.37. The lowest BCUT2D eigenvalue weighted by atomic mass is 10.0. The van der Waals surface area contributed by atoms with Gasteiger partial charge in [-0.15, -0.1) is 0 Å². The molecule has 114 valence electrons. The normalized spacial score (nSPS) is 21.6. The van der Waals surface area contributed by atoms with Gasteiger partial charge in [-0.05, 0) is 6.54 Å². The van der Waals surface area contributed by atoms with Crippen LogP contribution in [-0.4, -0.2) is 46.7 Å². The van der Waals surface area contributed by atoms with E-state index < -0.39 is 16.8 Å². The van der Waals surface area contributed by atoms with Crippen LogP contribution in [0.15, 0.2) is 24.3 Å². The SMILES string of the molecule is CCN(Cc1ccccc1[N+](=O)[O-])C1COCC1C(=O)O. The molecule has 0 bridgehead atoms. The van der Waals surface area contributed by atoms with E-state index >= 15 is 0 Å². The Bertz CT molecular complexity index is 534. The molecule has 7 heteroatoms. The Morgan fingerprint density at radius 3 is 2.81 bits per heavy atom. The van der Waals surface area contributed by atoms with Gasteiger partial charge >= 0.3 is 5.97 Å². The van der Waals surface area contributed by atoms with Crippen molar-refractivity contribution in [1.29, 1.82) is 0 Å². The fourth-order valence-electron chi connectivity index (χ4n) is 2.64. The topological polar surface area (TPSA) is 92.9 Å². The zero-order valence-electron chi connectivity index (χ0n) is 11.8. The number of para-hydroxylation sites is 1. The molecular weight excluding hydrogens is 276 g/mol. The van der Waals surface area contributed by atoms with Crippen LogP contribution in [0, 0.1) is 16.0 Å². The molecule has 0 amide bonds. The van der Waals surface area contributed by atoms with Crippen molar-refractivity contribution in [3.05, 3.63) is 39.9 Å². The van der Waals surface area contributed by atoms with E-state index in [1.807, 2.05) is 11.8 Å². The van der Waals surface area contributed by atoms with E-state index in [2.05, 4.69) is 0 Å². The molecule has 0 aliphatic carbocycles. The van der Waals surface area contributed by atoms with E-state index in [0.29, 0.717) is 25.3 Å². The predicted molar refractivity (Wildman–Crippen MR) is 74.9 cm³/mol. The third-order valence-electron chi connectivity index (χ3n) is 3.80.